The summed E-state index contributed by atoms with van der Waals surface area (Å²) >= 11 is 0. The van der Waals surface area contributed by atoms with Crippen molar-refractivity contribution in [1.82, 2.24) is 5.32 Å². The van der Waals surface area contributed by atoms with E-state index in [9.17, 15) is 14.0 Å². The van der Waals surface area contributed by atoms with Gasteiger partial charge in [0.1, 0.15) is 12.4 Å². The van der Waals surface area contributed by atoms with Crippen LogP contribution < -0.4 is 5.32 Å². The number of fused-ring (bicyclic) bond motifs is 3. The van der Waals surface area contributed by atoms with Crippen molar-refractivity contribution in [2.75, 3.05) is 13.2 Å². The molecule has 0 bridgehead atoms. The second kappa shape index (κ2) is 9.39. The number of halogens is 1. The number of benzene rings is 3. The third-order valence-corrected chi connectivity index (χ3v) is 5.42. The minimum Gasteiger partial charge on any atom is -0.449 e. The van der Waals surface area contributed by atoms with E-state index in [1.54, 1.807) is 18.2 Å². The van der Waals surface area contributed by atoms with Crippen LogP contribution in [-0.4, -0.2) is 25.5 Å². The molecule has 1 N–H and O–H groups in total. The summed E-state index contributed by atoms with van der Waals surface area (Å²) in [6, 6.07) is 20.7. The quantitative estimate of drug-likeness (QED) is 0.405. The molecular weight excluding hydrogens is 393 g/mol. The first-order chi connectivity index (χ1) is 15.2. The maximum atomic E-state index is 13.8. The summed E-state index contributed by atoms with van der Waals surface area (Å²) in [5, 5.41) is 2.71. The fourth-order valence-corrected chi connectivity index (χ4v) is 3.94. The van der Waals surface area contributed by atoms with Crippen LogP contribution in [-0.2, 0) is 4.74 Å². The van der Waals surface area contributed by atoms with Gasteiger partial charge in [0, 0.05) is 23.6 Å². The molecule has 0 radical (unpaired) electrons. The molecule has 4 rings (SSSR count). The van der Waals surface area contributed by atoms with Crippen molar-refractivity contribution in [3.8, 4) is 11.1 Å². The predicted octanol–water partition coefficient (Wildman–Crippen LogP) is 5.58. The summed E-state index contributed by atoms with van der Waals surface area (Å²) in [6.45, 7) is 0.603. The lowest BCUT2D eigenvalue weighted by atomic mass is 9.98. The fourth-order valence-electron chi connectivity index (χ4n) is 3.94. The van der Waals surface area contributed by atoms with Crippen LogP contribution in [0.15, 0.2) is 72.8 Å². The lowest BCUT2D eigenvalue weighted by Crippen LogP contribution is -2.26. The molecule has 0 unspecified atom stereocenters. The molecule has 0 spiro atoms. The molecule has 156 valence electrons. The molecule has 1 amide bonds. The summed E-state index contributed by atoms with van der Waals surface area (Å²) in [5.74, 6) is -0.439. The van der Waals surface area contributed by atoms with Gasteiger partial charge in [-0.15, -0.1) is 0 Å². The first-order valence-corrected chi connectivity index (χ1v) is 10.2. The Bertz CT molecular complexity index is 1090. The van der Waals surface area contributed by atoms with Crippen LogP contribution in [0.1, 0.15) is 39.4 Å². The predicted molar refractivity (Wildman–Crippen MR) is 119 cm³/mol. The average molecular weight is 415 g/mol. The van der Waals surface area contributed by atoms with Gasteiger partial charge in [-0.25, -0.2) is 9.18 Å². The second-order valence-corrected chi connectivity index (χ2v) is 7.30. The van der Waals surface area contributed by atoms with Gasteiger partial charge in [-0.05, 0) is 34.7 Å². The first-order valence-electron chi connectivity index (χ1n) is 10.2. The summed E-state index contributed by atoms with van der Waals surface area (Å²) in [6.07, 6.45) is 3.89. The van der Waals surface area contributed by atoms with Gasteiger partial charge in [-0.3, -0.25) is 4.79 Å². The zero-order valence-corrected chi connectivity index (χ0v) is 16.9. The Hall–Kier alpha value is -3.73. The van der Waals surface area contributed by atoms with Crippen LogP contribution in [0.4, 0.5) is 9.18 Å². The van der Waals surface area contributed by atoms with Gasteiger partial charge in [-0.2, -0.15) is 0 Å². The molecule has 0 aromatic heterocycles. The molecule has 0 saturated carbocycles. The highest BCUT2D eigenvalue weighted by Gasteiger charge is 2.28. The Morgan fingerprint density at radius 3 is 2.32 bits per heavy atom. The maximum Gasteiger partial charge on any atom is 0.407 e. The highest BCUT2D eigenvalue weighted by Crippen LogP contribution is 2.44. The van der Waals surface area contributed by atoms with E-state index in [0.29, 0.717) is 24.8 Å². The molecular formula is C26H22FNO3. The highest BCUT2D eigenvalue weighted by atomic mass is 19.1. The Balaban J connectivity index is 1.29. The Kier molecular flexibility index (Phi) is 6.22. The molecule has 3 aromatic rings. The summed E-state index contributed by atoms with van der Waals surface area (Å²) in [5.41, 5.74) is 5.23. The van der Waals surface area contributed by atoms with Crippen molar-refractivity contribution >= 4 is 18.5 Å². The fraction of sp³-hybridized carbons (Fsp3) is 0.154. The van der Waals surface area contributed by atoms with Crippen LogP contribution in [0.5, 0.6) is 0 Å². The monoisotopic (exact) mass is 415 g/mol. The van der Waals surface area contributed by atoms with Crippen molar-refractivity contribution in [2.45, 2.75) is 12.3 Å². The number of aldehydes is 1. The normalized spacial score (nSPS) is 12.4. The van der Waals surface area contributed by atoms with Crippen LogP contribution in [0, 0.1) is 5.82 Å². The van der Waals surface area contributed by atoms with Gasteiger partial charge in [0.25, 0.3) is 0 Å². The van der Waals surface area contributed by atoms with E-state index < -0.39 is 11.9 Å². The van der Waals surface area contributed by atoms with Gasteiger partial charge < -0.3 is 10.1 Å². The number of hydrogen-bond acceptors (Lipinski definition) is 3. The molecule has 0 saturated heterocycles. The molecule has 3 aromatic carbocycles. The molecule has 5 heteroatoms. The average Bonchev–Trinajstić information content (AvgIpc) is 3.12. The molecule has 1 aliphatic carbocycles. The van der Waals surface area contributed by atoms with Crippen LogP contribution in [0.3, 0.4) is 0 Å². The van der Waals surface area contributed by atoms with Crippen molar-refractivity contribution in [3.05, 3.63) is 101 Å². The highest BCUT2D eigenvalue weighted by molar-refractivity contribution is 5.82. The largest absolute Gasteiger partial charge is 0.449 e. The second-order valence-electron chi connectivity index (χ2n) is 7.30. The zero-order valence-electron chi connectivity index (χ0n) is 16.9. The minimum absolute atomic E-state index is 0.0147. The molecule has 4 nitrogen and oxygen atoms in total. The van der Waals surface area contributed by atoms with E-state index in [0.717, 1.165) is 11.1 Å². The van der Waals surface area contributed by atoms with Crippen molar-refractivity contribution in [2.24, 2.45) is 0 Å². The Labute approximate surface area is 180 Å². The van der Waals surface area contributed by atoms with Crippen LogP contribution in [0.25, 0.3) is 17.2 Å². The number of hydrogen-bond donors (Lipinski definition) is 1. The van der Waals surface area contributed by atoms with Crippen molar-refractivity contribution in [1.29, 1.82) is 0 Å². The van der Waals surface area contributed by atoms with Gasteiger partial charge in [0.15, 0.2) is 6.29 Å². The topological polar surface area (TPSA) is 55.4 Å². The van der Waals surface area contributed by atoms with E-state index in [2.05, 4.69) is 29.6 Å². The summed E-state index contributed by atoms with van der Waals surface area (Å²) < 4.78 is 19.3. The number of amides is 1. The van der Waals surface area contributed by atoms with Crippen LogP contribution in [0.2, 0.25) is 0 Å². The molecule has 0 heterocycles. The van der Waals surface area contributed by atoms with E-state index in [1.807, 2.05) is 24.3 Å². The lowest BCUT2D eigenvalue weighted by molar-refractivity contribution is 0.112. The SMILES string of the molecule is O=Cc1cccc(F)c1C=CCCNC(=O)OCC1c2ccccc2-c2ccccc21. The van der Waals surface area contributed by atoms with Gasteiger partial charge in [0.05, 0.1) is 0 Å². The Morgan fingerprint density at radius 1 is 0.968 bits per heavy atom. The van der Waals surface area contributed by atoms with E-state index >= 15 is 0 Å². The minimum atomic E-state index is -0.491. The third kappa shape index (κ3) is 4.40. The van der Waals surface area contributed by atoms with Gasteiger partial charge in [0.2, 0.25) is 0 Å². The van der Waals surface area contributed by atoms with E-state index in [1.165, 1.54) is 23.3 Å². The van der Waals surface area contributed by atoms with Gasteiger partial charge >= 0.3 is 6.09 Å². The number of carbonyl (C=O) groups excluding carboxylic acids is 2. The maximum absolute atomic E-state index is 13.8. The number of carbonyl (C=O) groups is 2. The first kappa shape index (κ1) is 20.5. The van der Waals surface area contributed by atoms with Crippen molar-refractivity contribution in [3.63, 3.8) is 0 Å². The van der Waals surface area contributed by atoms with Gasteiger partial charge in [-0.1, -0.05) is 72.8 Å². The summed E-state index contributed by atoms with van der Waals surface area (Å²) in [4.78, 5) is 23.2. The zero-order chi connectivity index (χ0) is 21.6. The molecule has 31 heavy (non-hydrogen) atoms. The van der Waals surface area contributed by atoms with Crippen LogP contribution >= 0.6 is 0 Å². The molecule has 0 aliphatic heterocycles. The number of rotatable bonds is 7. The molecule has 0 atom stereocenters. The standard InChI is InChI=1S/C26H22FNO3/c27-25-14-7-8-18(16-29)19(25)9-5-6-15-28-26(30)31-17-24-22-12-3-1-10-20(22)21-11-2-4-13-23(21)24/h1-5,7-14,16,24H,6,15,17H2,(H,28,30). The number of ether oxygens (including phenoxy) is 1. The van der Waals surface area contributed by atoms with E-state index in [-0.39, 0.29) is 18.1 Å². The molecule has 1 aliphatic rings. The third-order valence-electron chi connectivity index (χ3n) is 5.42. The molecule has 0 fully saturated rings. The summed E-state index contributed by atoms with van der Waals surface area (Å²) in [7, 11) is 0. The van der Waals surface area contributed by atoms with E-state index in [4.69, 9.17) is 4.74 Å². The Morgan fingerprint density at radius 2 is 1.65 bits per heavy atom. The lowest BCUT2D eigenvalue weighted by Gasteiger charge is -2.14. The smallest absolute Gasteiger partial charge is 0.407 e. The number of nitrogens with one attached hydrogen (secondary N) is 1. The van der Waals surface area contributed by atoms with Crippen molar-refractivity contribution < 1.29 is 18.7 Å². The number of alkyl carbamates (subject to hydrolysis) is 1.